The second-order valence-corrected chi connectivity index (χ2v) is 22.4. The van der Waals surface area contributed by atoms with Gasteiger partial charge in [0.1, 0.15) is 67.1 Å². The van der Waals surface area contributed by atoms with Crippen molar-refractivity contribution >= 4 is 0 Å². The van der Waals surface area contributed by atoms with Gasteiger partial charge in [-0.1, -0.05) is 46.3 Å². The monoisotopic (exact) mass is 917 g/mol. The fourth-order valence-electron chi connectivity index (χ4n) is 14.6. The van der Waals surface area contributed by atoms with Gasteiger partial charge in [-0.25, -0.2) is 0 Å². The molecule has 0 radical (unpaired) electrons. The normalized spacial score (nSPS) is 52.5. The van der Waals surface area contributed by atoms with E-state index in [0.29, 0.717) is 32.1 Å². The van der Waals surface area contributed by atoms with Crippen LogP contribution in [0.2, 0.25) is 0 Å². The van der Waals surface area contributed by atoms with Crippen LogP contribution < -0.4 is 0 Å². The average molecular weight is 917 g/mol. The van der Waals surface area contributed by atoms with Crippen LogP contribution in [0, 0.1) is 45.3 Å². The van der Waals surface area contributed by atoms with Gasteiger partial charge in [0.25, 0.3) is 0 Å². The fraction of sp³-hybridized carbons (Fsp3) is 0.957. The lowest BCUT2D eigenvalue weighted by Gasteiger charge is -2.71. The molecule has 24 atom stereocenters. The molecular weight excluding hydrogens is 836 g/mol. The lowest BCUT2D eigenvalue weighted by molar-refractivity contribution is -0.374. The van der Waals surface area contributed by atoms with Gasteiger partial charge in [-0.05, 0) is 124 Å². The highest BCUT2D eigenvalue weighted by molar-refractivity contribution is 5.20. The number of aliphatic hydroxyl groups is 11. The second kappa shape index (κ2) is 18.8. The van der Waals surface area contributed by atoms with Crippen molar-refractivity contribution in [1.82, 2.24) is 0 Å². The predicted molar refractivity (Wildman–Crippen MR) is 228 cm³/mol. The van der Waals surface area contributed by atoms with Crippen LogP contribution in [0.3, 0.4) is 0 Å². The molecule has 7 rings (SSSR count). The van der Waals surface area contributed by atoms with Gasteiger partial charge in [0, 0.05) is 0 Å². The van der Waals surface area contributed by atoms with E-state index in [9.17, 15) is 56.2 Å². The first kappa shape index (κ1) is 50.9. The summed E-state index contributed by atoms with van der Waals surface area (Å²) in [5.41, 5.74) is -1.05. The zero-order valence-electron chi connectivity index (χ0n) is 39.0. The summed E-state index contributed by atoms with van der Waals surface area (Å²) in [6.45, 7) is 16.0. The van der Waals surface area contributed by atoms with Crippen LogP contribution in [0.25, 0.3) is 0 Å². The lowest BCUT2D eigenvalue weighted by Crippen LogP contribution is -2.67. The molecular formula is C47H80O17. The highest BCUT2D eigenvalue weighted by Crippen LogP contribution is 2.76. The minimum absolute atomic E-state index is 0.135. The maximum absolute atomic E-state index is 12.7. The molecule has 64 heavy (non-hydrogen) atoms. The number of allylic oxidation sites excluding steroid dienone is 2. The molecule has 7 aliphatic rings. The molecule has 370 valence electrons. The zero-order chi connectivity index (χ0) is 47.1. The third kappa shape index (κ3) is 8.49. The van der Waals surface area contributed by atoms with E-state index in [1.165, 1.54) is 0 Å². The summed E-state index contributed by atoms with van der Waals surface area (Å²) < 4.78 is 37.2. The molecule has 7 fully saturated rings. The van der Waals surface area contributed by atoms with Crippen molar-refractivity contribution in [3.63, 3.8) is 0 Å². The molecule has 0 aromatic rings. The van der Waals surface area contributed by atoms with Gasteiger partial charge < -0.3 is 84.6 Å². The van der Waals surface area contributed by atoms with Gasteiger partial charge in [-0.15, -0.1) is 0 Å². The Morgan fingerprint density at radius 1 is 0.656 bits per heavy atom. The standard InChI is InChI=1S/C47H80O17/c1-22(2)10-9-14-47(8,64-42-39(36(56)34(54)27(20-49)61-42)63-40-37(57)32(52)25(51)21-59-40)23-11-16-46(7)31(23)24(50)18-29-44(5)15-13-30(43(3,4)28(44)12-17-45(29,46)6)62-41-38(58)35(55)33(53)26(19-48)60-41/h10,23-42,48-58H,9,11-21H2,1-8H3/t23-,24+,25-,26+,27+,28-,29+,30-,31-,32-,33+,34+,35-,36-,37+,38+,39+,40-,41-,42-,44-,45+,46+,47-/m0/s1. The number of rotatable bonds is 12. The Bertz CT molecular complexity index is 1630. The van der Waals surface area contributed by atoms with Crippen molar-refractivity contribution in [2.75, 3.05) is 19.8 Å². The highest BCUT2D eigenvalue weighted by Gasteiger charge is 2.72. The SMILES string of the molecule is CC(C)=CCC[C@](C)(O[C@@H]1O[C@H](CO)[C@@H](O)[C@H](O)[C@H]1O[C@@H]1OC[C@H](O)[C@H](O)[C@H]1O)[C@H]1CC[C@]2(C)[C@@H]1[C@H](O)C[C@@H]1[C@@]3(C)CC[C@H](O[C@@H]4O[C@H](CO)[C@@H](O)[C@H](O)[C@H]4O)C(C)(C)[C@@H]3CC[C@]12C. The minimum Gasteiger partial charge on any atom is -0.394 e. The Morgan fingerprint density at radius 2 is 1.27 bits per heavy atom. The number of aliphatic hydroxyl groups excluding tert-OH is 11. The quantitative estimate of drug-likeness (QED) is 0.0946. The first-order valence-corrected chi connectivity index (χ1v) is 23.8. The van der Waals surface area contributed by atoms with Gasteiger partial charge in [0.2, 0.25) is 0 Å². The molecule has 0 spiro atoms. The van der Waals surface area contributed by atoms with Crippen LogP contribution in [-0.2, 0) is 28.4 Å². The molecule has 0 aromatic heterocycles. The zero-order valence-corrected chi connectivity index (χ0v) is 39.0. The summed E-state index contributed by atoms with van der Waals surface area (Å²) in [4.78, 5) is 0. The van der Waals surface area contributed by atoms with E-state index in [1.54, 1.807) is 0 Å². The maximum Gasteiger partial charge on any atom is 0.187 e. The van der Waals surface area contributed by atoms with Crippen molar-refractivity contribution < 1.29 is 84.6 Å². The fourth-order valence-corrected chi connectivity index (χ4v) is 14.6. The largest absolute Gasteiger partial charge is 0.394 e. The molecule has 3 aliphatic heterocycles. The number of hydrogen-bond acceptors (Lipinski definition) is 17. The van der Waals surface area contributed by atoms with E-state index in [0.717, 1.165) is 31.3 Å². The third-order valence-electron chi connectivity index (χ3n) is 18.4. The Morgan fingerprint density at radius 3 is 1.91 bits per heavy atom. The van der Waals surface area contributed by atoms with Crippen LogP contribution >= 0.6 is 0 Å². The molecule has 17 heteroatoms. The smallest absolute Gasteiger partial charge is 0.187 e. The topological polar surface area (TPSA) is 278 Å². The number of fused-ring (bicyclic) bond motifs is 5. The third-order valence-corrected chi connectivity index (χ3v) is 18.4. The van der Waals surface area contributed by atoms with Crippen molar-refractivity contribution in [1.29, 1.82) is 0 Å². The Kier molecular flexibility index (Phi) is 14.9. The predicted octanol–water partition coefficient (Wildman–Crippen LogP) is 0.612. The summed E-state index contributed by atoms with van der Waals surface area (Å²) >= 11 is 0. The van der Waals surface area contributed by atoms with E-state index in [2.05, 4.69) is 40.7 Å². The molecule has 0 aromatic carbocycles. The van der Waals surface area contributed by atoms with E-state index >= 15 is 0 Å². The van der Waals surface area contributed by atoms with E-state index in [1.807, 2.05) is 20.8 Å². The number of ether oxygens (including phenoxy) is 6. The van der Waals surface area contributed by atoms with Crippen LogP contribution in [0.5, 0.6) is 0 Å². The minimum atomic E-state index is -1.69. The van der Waals surface area contributed by atoms with Crippen LogP contribution in [0.15, 0.2) is 11.6 Å². The van der Waals surface area contributed by atoms with Gasteiger partial charge in [-0.3, -0.25) is 0 Å². The van der Waals surface area contributed by atoms with Gasteiger partial charge in [-0.2, -0.15) is 0 Å². The van der Waals surface area contributed by atoms with Crippen LogP contribution in [-0.4, -0.2) is 180 Å². The Balaban J connectivity index is 1.16. The highest BCUT2D eigenvalue weighted by atomic mass is 16.8. The molecule has 4 saturated carbocycles. The summed E-state index contributed by atoms with van der Waals surface area (Å²) in [5.74, 6) is -0.121. The molecule has 3 saturated heterocycles. The van der Waals surface area contributed by atoms with E-state index < -0.39 is 116 Å². The Hall–Kier alpha value is -0.940. The molecule has 4 aliphatic carbocycles. The van der Waals surface area contributed by atoms with Gasteiger partial charge in [0.05, 0.1) is 37.6 Å². The van der Waals surface area contributed by atoms with Crippen molar-refractivity contribution in [2.24, 2.45) is 45.3 Å². The molecule has 3 heterocycles. The first-order valence-electron chi connectivity index (χ1n) is 23.8. The summed E-state index contributed by atoms with van der Waals surface area (Å²) in [6.07, 6.45) is -12.8. The van der Waals surface area contributed by atoms with Crippen molar-refractivity contribution in [3.8, 4) is 0 Å². The van der Waals surface area contributed by atoms with Crippen molar-refractivity contribution in [2.45, 2.75) is 217 Å². The maximum atomic E-state index is 12.7. The summed E-state index contributed by atoms with van der Waals surface area (Å²) in [6, 6.07) is 0. The van der Waals surface area contributed by atoms with Gasteiger partial charge >= 0.3 is 0 Å². The second-order valence-electron chi connectivity index (χ2n) is 22.4. The molecule has 0 bridgehead atoms. The van der Waals surface area contributed by atoms with Crippen molar-refractivity contribution in [3.05, 3.63) is 11.6 Å². The molecule has 11 N–H and O–H groups in total. The Labute approximate surface area is 377 Å². The average Bonchev–Trinajstić information content (AvgIpc) is 3.62. The molecule has 0 unspecified atom stereocenters. The first-order chi connectivity index (χ1) is 29.9. The van der Waals surface area contributed by atoms with E-state index in [4.69, 9.17) is 28.4 Å². The number of hydrogen-bond donors (Lipinski definition) is 11. The lowest BCUT2D eigenvalue weighted by atomic mass is 9.35. The summed E-state index contributed by atoms with van der Waals surface area (Å²) in [5, 5.41) is 118. The van der Waals surface area contributed by atoms with Gasteiger partial charge in [0.15, 0.2) is 18.9 Å². The van der Waals surface area contributed by atoms with E-state index in [-0.39, 0.29) is 52.6 Å². The molecule has 17 nitrogen and oxygen atoms in total. The van der Waals surface area contributed by atoms with Crippen LogP contribution in [0.4, 0.5) is 0 Å². The molecule has 0 amide bonds. The van der Waals surface area contributed by atoms with Crippen LogP contribution in [0.1, 0.15) is 113 Å². The summed E-state index contributed by atoms with van der Waals surface area (Å²) in [7, 11) is 0.